The minimum Gasteiger partial charge on any atom is -0.361 e. The Balaban J connectivity index is 1.88. The zero-order valence-corrected chi connectivity index (χ0v) is 13.3. The molecule has 1 heterocycles. The van der Waals surface area contributed by atoms with E-state index in [0.29, 0.717) is 6.04 Å². The van der Waals surface area contributed by atoms with Gasteiger partial charge in [-0.15, -0.1) is 0 Å². The van der Waals surface area contributed by atoms with Gasteiger partial charge in [0.25, 0.3) is 0 Å². The fourth-order valence-electron chi connectivity index (χ4n) is 2.82. The van der Waals surface area contributed by atoms with Gasteiger partial charge in [-0.25, -0.2) is 0 Å². The Hall–Kier alpha value is -1.51. The normalized spacial score (nSPS) is 14.8. The van der Waals surface area contributed by atoms with Gasteiger partial charge < -0.3 is 10.2 Å². The van der Waals surface area contributed by atoms with E-state index >= 15 is 0 Å². The summed E-state index contributed by atoms with van der Waals surface area (Å²) in [6.07, 6.45) is 0. The Bertz CT molecular complexity index is 618. The molecule has 2 aromatic carbocycles. The first-order chi connectivity index (χ1) is 10.1. The molecule has 1 fully saturated rings. The highest BCUT2D eigenvalue weighted by Crippen LogP contribution is 2.26. The van der Waals surface area contributed by atoms with Gasteiger partial charge in [0.05, 0.1) is 6.04 Å². The van der Waals surface area contributed by atoms with Crippen molar-refractivity contribution in [3.8, 4) is 0 Å². The number of hydrogen-bond donors (Lipinski definition) is 1. The molecule has 1 N–H and O–H groups in total. The molecule has 3 heteroatoms. The van der Waals surface area contributed by atoms with Gasteiger partial charge in [0.1, 0.15) is 0 Å². The lowest BCUT2D eigenvalue weighted by Crippen LogP contribution is -2.57. The summed E-state index contributed by atoms with van der Waals surface area (Å²) < 4.78 is 0. The van der Waals surface area contributed by atoms with Crippen molar-refractivity contribution in [3.63, 3.8) is 0 Å². The van der Waals surface area contributed by atoms with Gasteiger partial charge in [0.2, 0.25) is 0 Å². The third-order valence-electron chi connectivity index (χ3n) is 4.13. The van der Waals surface area contributed by atoms with E-state index in [2.05, 4.69) is 54.4 Å². The largest absolute Gasteiger partial charge is 0.361 e. The molecule has 1 saturated heterocycles. The first-order valence-corrected chi connectivity index (χ1v) is 7.80. The second-order valence-corrected chi connectivity index (χ2v) is 6.29. The molecule has 0 aromatic heterocycles. The molecule has 0 radical (unpaired) electrons. The Morgan fingerprint density at radius 2 is 1.81 bits per heavy atom. The van der Waals surface area contributed by atoms with Crippen LogP contribution in [0.25, 0.3) is 0 Å². The van der Waals surface area contributed by atoms with E-state index in [1.807, 2.05) is 12.1 Å². The topological polar surface area (TPSA) is 15.3 Å². The van der Waals surface area contributed by atoms with Crippen LogP contribution < -0.4 is 10.2 Å². The Morgan fingerprint density at radius 3 is 2.38 bits per heavy atom. The number of benzene rings is 2. The SMILES string of the molecule is Cc1ccc(N(Cc2ccc(Cl)cc2)C2CNC2)c(C)c1. The molecule has 2 aromatic rings. The second kappa shape index (κ2) is 6.08. The van der Waals surface area contributed by atoms with E-state index in [-0.39, 0.29) is 0 Å². The van der Waals surface area contributed by atoms with Gasteiger partial charge in [-0.05, 0) is 43.2 Å². The van der Waals surface area contributed by atoms with Gasteiger partial charge in [-0.2, -0.15) is 0 Å². The van der Waals surface area contributed by atoms with Crippen LogP contribution in [-0.4, -0.2) is 19.1 Å². The average molecular weight is 301 g/mol. The van der Waals surface area contributed by atoms with E-state index in [1.54, 1.807) is 0 Å². The van der Waals surface area contributed by atoms with Crippen molar-refractivity contribution in [1.29, 1.82) is 0 Å². The fourth-order valence-corrected chi connectivity index (χ4v) is 2.94. The number of rotatable bonds is 4. The molecule has 0 spiro atoms. The van der Waals surface area contributed by atoms with Crippen LogP contribution in [0.15, 0.2) is 42.5 Å². The van der Waals surface area contributed by atoms with Crippen molar-refractivity contribution >= 4 is 17.3 Å². The van der Waals surface area contributed by atoms with Crippen molar-refractivity contribution in [2.75, 3.05) is 18.0 Å². The standard InChI is InChI=1S/C18H21ClN2/c1-13-3-8-18(14(2)9-13)21(17-10-20-11-17)12-15-4-6-16(19)7-5-15/h3-9,17,20H,10-12H2,1-2H3. The van der Waals surface area contributed by atoms with Crippen LogP contribution in [0, 0.1) is 13.8 Å². The summed E-state index contributed by atoms with van der Waals surface area (Å²) in [7, 11) is 0. The lowest BCUT2D eigenvalue weighted by molar-refractivity contribution is 0.411. The fraction of sp³-hybridized carbons (Fsp3) is 0.333. The number of hydrogen-bond acceptors (Lipinski definition) is 2. The molecular formula is C18H21ClN2. The predicted molar refractivity (Wildman–Crippen MR) is 90.2 cm³/mol. The van der Waals surface area contributed by atoms with Crippen LogP contribution >= 0.6 is 11.6 Å². The molecule has 0 aliphatic carbocycles. The summed E-state index contributed by atoms with van der Waals surface area (Å²) in [4.78, 5) is 2.51. The van der Waals surface area contributed by atoms with Gasteiger partial charge in [0.15, 0.2) is 0 Å². The Morgan fingerprint density at radius 1 is 1.10 bits per heavy atom. The molecule has 0 bridgehead atoms. The monoisotopic (exact) mass is 300 g/mol. The second-order valence-electron chi connectivity index (χ2n) is 5.86. The first kappa shape index (κ1) is 14.4. The smallest absolute Gasteiger partial charge is 0.0542 e. The minimum atomic E-state index is 0.571. The zero-order chi connectivity index (χ0) is 14.8. The van der Waals surface area contributed by atoms with Crippen LogP contribution in [0.5, 0.6) is 0 Å². The van der Waals surface area contributed by atoms with Crippen LogP contribution in [0.2, 0.25) is 5.02 Å². The number of anilines is 1. The van der Waals surface area contributed by atoms with Gasteiger partial charge in [0, 0.05) is 30.3 Å². The van der Waals surface area contributed by atoms with E-state index in [1.165, 1.54) is 22.4 Å². The highest BCUT2D eigenvalue weighted by atomic mass is 35.5. The molecule has 110 valence electrons. The van der Waals surface area contributed by atoms with Gasteiger partial charge in [-0.1, -0.05) is 41.4 Å². The molecule has 1 aliphatic heterocycles. The van der Waals surface area contributed by atoms with Crippen molar-refractivity contribution in [2.45, 2.75) is 26.4 Å². The van der Waals surface area contributed by atoms with E-state index in [9.17, 15) is 0 Å². The minimum absolute atomic E-state index is 0.571. The molecule has 0 saturated carbocycles. The third kappa shape index (κ3) is 3.22. The van der Waals surface area contributed by atoms with E-state index in [4.69, 9.17) is 11.6 Å². The lowest BCUT2D eigenvalue weighted by atomic mass is 10.0. The van der Waals surface area contributed by atoms with Gasteiger partial charge >= 0.3 is 0 Å². The van der Waals surface area contributed by atoms with Crippen LogP contribution in [0.3, 0.4) is 0 Å². The maximum absolute atomic E-state index is 5.99. The highest BCUT2D eigenvalue weighted by molar-refractivity contribution is 6.30. The van der Waals surface area contributed by atoms with Gasteiger partial charge in [-0.3, -0.25) is 0 Å². The molecule has 1 aliphatic rings. The third-order valence-corrected chi connectivity index (χ3v) is 4.38. The molecular weight excluding hydrogens is 280 g/mol. The van der Waals surface area contributed by atoms with Crippen LogP contribution in [0.4, 0.5) is 5.69 Å². The van der Waals surface area contributed by atoms with Crippen molar-refractivity contribution in [1.82, 2.24) is 5.32 Å². The van der Waals surface area contributed by atoms with Crippen LogP contribution in [0.1, 0.15) is 16.7 Å². The summed E-state index contributed by atoms with van der Waals surface area (Å²) in [6, 6.07) is 15.4. The summed E-state index contributed by atoms with van der Waals surface area (Å²) in [5, 5.41) is 4.17. The molecule has 0 amide bonds. The maximum atomic E-state index is 5.99. The Kier molecular flexibility index (Phi) is 4.18. The maximum Gasteiger partial charge on any atom is 0.0542 e. The van der Waals surface area contributed by atoms with E-state index in [0.717, 1.165) is 24.7 Å². The lowest BCUT2D eigenvalue weighted by Gasteiger charge is -2.40. The number of halogens is 1. The molecule has 2 nitrogen and oxygen atoms in total. The quantitative estimate of drug-likeness (QED) is 0.920. The summed E-state index contributed by atoms with van der Waals surface area (Å²) in [6.45, 7) is 7.38. The van der Waals surface area contributed by atoms with E-state index < -0.39 is 0 Å². The number of aryl methyl sites for hydroxylation is 2. The number of nitrogens with zero attached hydrogens (tertiary/aromatic N) is 1. The Labute approximate surface area is 131 Å². The molecule has 0 unspecified atom stereocenters. The molecule has 3 rings (SSSR count). The van der Waals surface area contributed by atoms with Crippen molar-refractivity contribution in [3.05, 3.63) is 64.2 Å². The first-order valence-electron chi connectivity index (χ1n) is 7.42. The summed E-state index contributed by atoms with van der Waals surface area (Å²) >= 11 is 5.99. The van der Waals surface area contributed by atoms with Crippen LogP contribution in [-0.2, 0) is 6.54 Å². The number of nitrogens with one attached hydrogen (secondary N) is 1. The summed E-state index contributed by atoms with van der Waals surface area (Å²) in [5.74, 6) is 0. The van der Waals surface area contributed by atoms with Crippen molar-refractivity contribution in [2.24, 2.45) is 0 Å². The summed E-state index contributed by atoms with van der Waals surface area (Å²) in [5.41, 5.74) is 5.29. The average Bonchev–Trinajstić information content (AvgIpc) is 2.39. The predicted octanol–water partition coefficient (Wildman–Crippen LogP) is 3.94. The van der Waals surface area contributed by atoms with Crippen molar-refractivity contribution < 1.29 is 0 Å². The molecule has 21 heavy (non-hydrogen) atoms. The zero-order valence-electron chi connectivity index (χ0n) is 12.6. The molecule has 0 atom stereocenters. The highest BCUT2D eigenvalue weighted by Gasteiger charge is 2.25.